The Morgan fingerprint density at radius 1 is 1.17 bits per heavy atom. The number of fused-ring (bicyclic) bond motifs is 1. The number of pyridine rings is 1. The van der Waals surface area contributed by atoms with E-state index >= 15 is 0 Å². The van der Waals surface area contributed by atoms with Crippen LogP contribution in [0.2, 0.25) is 0 Å². The number of hydrogen-bond donors (Lipinski definition) is 2. The van der Waals surface area contributed by atoms with Gasteiger partial charge in [0.2, 0.25) is 0 Å². The molecule has 0 aliphatic rings. The molecule has 0 aliphatic carbocycles. The van der Waals surface area contributed by atoms with Crippen LogP contribution in [0.15, 0.2) is 42.6 Å². The predicted molar refractivity (Wildman–Crippen MR) is 72.4 cm³/mol. The molecule has 0 bridgehead atoms. The number of nitrogens with one attached hydrogen (secondary N) is 2. The minimum Gasteiger partial charge on any atom is -0.366 e. The summed E-state index contributed by atoms with van der Waals surface area (Å²) in [5.74, 6) is 0.884. The van der Waals surface area contributed by atoms with Crippen LogP contribution >= 0.6 is 0 Å². The van der Waals surface area contributed by atoms with E-state index in [1.807, 2.05) is 37.4 Å². The molecule has 90 valence electrons. The van der Waals surface area contributed by atoms with Crippen molar-refractivity contribution in [2.45, 2.75) is 13.5 Å². The lowest BCUT2D eigenvalue weighted by Crippen LogP contribution is -2.01. The van der Waals surface area contributed by atoms with Crippen molar-refractivity contribution in [3.8, 4) is 0 Å². The van der Waals surface area contributed by atoms with Crippen LogP contribution in [0, 0.1) is 6.92 Å². The molecule has 0 amide bonds. The largest absolute Gasteiger partial charge is 0.366 e. The molecule has 4 nitrogen and oxygen atoms in total. The SMILES string of the molecule is Cc1[nH]ncc1CNc1ccc2ccccc2n1. The summed E-state index contributed by atoms with van der Waals surface area (Å²) in [5.41, 5.74) is 3.25. The third-order valence-corrected chi connectivity index (χ3v) is 2.99. The van der Waals surface area contributed by atoms with Gasteiger partial charge in [-0.3, -0.25) is 5.10 Å². The molecule has 4 heteroatoms. The first-order valence-electron chi connectivity index (χ1n) is 5.91. The second kappa shape index (κ2) is 4.49. The molecule has 0 spiro atoms. The Bertz CT molecular complexity index is 672. The molecule has 1 aromatic carbocycles. The van der Waals surface area contributed by atoms with E-state index in [1.165, 1.54) is 0 Å². The van der Waals surface area contributed by atoms with Crippen molar-refractivity contribution in [1.82, 2.24) is 15.2 Å². The van der Waals surface area contributed by atoms with Crippen molar-refractivity contribution in [3.63, 3.8) is 0 Å². The summed E-state index contributed by atoms with van der Waals surface area (Å²) in [5, 5.41) is 11.4. The maximum Gasteiger partial charge on any atom is 0.126 e. The molecular weight excluding hydrogens is 224 g/mol. The lowest BCUT2D eigenvalue weighted by molar-refractivity contribution is 1.04. The second-order valence-corrected chi connectivity index (χ2v) is 4.26. The lowest BCUT2D eigenvalue weighted by Gasteiger charge is -2.06. The van der Waals surface area contributed by atoms with Crippen molar-refractivity contribution in [2.75, 3.05) is 5.32 Å². The average molecular weight is 238 g/mol. The molecule has 2 N–H and O–H groups in total. The average Bonchev–Trinajstić information content (AvgIpc) is 2.82. The number of H-pyrrole nitrogens is 1. The molecule has 0 saturated carbocycles. The summed E-state index contributed by atoms with van der Waals surface area (Å²) in [6.07, 6.45) is 1.84. The second-order valence-electron chi connectivity index (χ2n) is 4.26. The molecule has 0 unspecified atom stereocenters. The number of para-hydroxylation sites is 1. The van der Waals surface area contributed by atoms with Crippen LogP contribution in [0.5, 0.6) is 0 Å². The highest BCUT2D eigenvalue weighted by atomic mass is 15.1. The molecule has 3 aromatic rings. The Kier molecular flexibility index (Phi) is 2.68. The summed E-state index contributed by atoms with van der Waals surface area (Å²) < 4.78 is 0. The van der Waals surface area contributed by atoms with Gasteiger partial charge >= 0.3 is 0 Å². The van der Waals surface area contributed by atoms with Crippen LogP contribution in [-0.4, -0.2) is 15.2 Å². The Labute approximate surface area is 105 Å². The van der Waals surface area contributed by atoms with E-state index in [0.717, 1.165) is 34.5 Å². The summed E-state index contributed by atoms with van der Waals surface area (Å²) >= 11 is 0. The Morgan fingerprint density at radius 3 is 2.89 bits per heavy atom. The zero-order valence-electron chi connectivity index (χ0n) is 10.1. The van der Waals surface area contributed by atoms with Crippen LogP contribution < -0.4 is 5.32 Å². The Morgan fingerprint density at radius 2 is 2.06 bits per heavy atom. The van der Waals surface area contributed by atoms with Crippen LogP contribution in [0.4, 0.5) is 5.82 Å². The zero-order chi connectivity index (χ0) is 12.4. The van der Waals surface area contributed by atoms with E-state index < -0.39 is 0 Å². The molecule has 0 aliphatic heterocycles. The highest BCUT2D eigenvalue weighted by Crippen LogP contribution is 2.15. The van der Waals surface area contributed by atoms with E-state index in [2.05, 4.69) is 32.6 Å². The van der Waals surface area contributed by atoms with E-state index in [0.29, 0.717) is 0 Å². The van der Waals surface area contributed by atoms with E-state index in [1.54, 1.807) is 0 Å². The third kappa shape index (κ3) is 2.05. The lowest BCUT2D eigenvalue weighted by atomic mass is 10.2. The third-order valence-electron chi connectivity index (χ3n) is 2.99. The number of anilines is 1. The van der Waals surface area contributed by atoms with E-state index in [4.69, 9.17) is 0 Å². The molecule has 0 atom stereocenters. The number of benzene rings is 1. The standard InChI is InChI=1S/C14H14N4/c1-10-12(9-16-18-10)8-15-14-7-6-11-4-2-3-5-13(11)17-14/h2-7,9H,8H2,1H3,(H,15,17)(H,16,18). The highest BCUT2D eigenvalue weighted by Gasteiger charge is 2.01. The smallest absolute Gasteiger partial charge is 0.126 e. The van der Waals surface area contributed by atoms with Crippen molar-refractivity contribution >= 4 is 16.7 Å². The van der Waals surface area contributed by atoms with Crippen LogP contribution in [0.3, 0.4) is 0 Å². The molecule has 0 saturated heterocycles. The van der Waals surface area contributed by atoms with Gasteiger partial charge in [-0.05, 0) is 25.1 Å². The van der Waals surface area contributed by atoms with Gasteiger partial charge in [0.1, 0.15) is 5.82 Å². The molecule has 2 aromatic heterocycles. The van der Waals surface area contributed by atoms with Gasteiger partial charge in [0, 0.05) is 23.2 Å². The number of aromatic amines is 1. The fraction of sp³-hybridized carbons (Fsp3) is 0.143. The molecule has 3 rings (SSSR count). The van der Waals surface area contributed by atoms with Gasteiger partial charge in [0.05, 0.1) is 11.7 Å². The number of rotatable bonds is 3. The summed E-state index contributed by atoms with van der Waals surface area (Å²) in [6, 6.07) is 12.2. The first-order valence-corrected chi connectivity index (χ1v) is 5.91. The first-order chi connectivity index (χ1) is 8.83. The Balaban J connectivity index is 1.81. The van der Waals surface area contributed by atoms with Gasteiger partial charge in [-0.1, -0.05) is 18.2 Å². The van der Waals surface area contributed by atoms with E-state index in [-0.39, 0.29) is 0 Å². The molecular formula is C14H14N4. The van der Waals surface area contributed by atoms with Crippen molar-refractivity contribution in [3.05, 3.63) is 53.9 Å². The quantitative estimate of drug-likeness (QED) is 0.737. The highest BCUT2D eigenvalue weighted by molar-refractivity contribution is 5.80. The summed E-state index contributed by atoms with van der Waals surface area (Å²) in [4.78, 5) is 4.56. The Hall–Kier alpha value is -2.36. The van der Waals surface area contributed by atoms with Crippen LogP contribution in [0.25, 0.3) is 10.9 Å². The first kappa shape index (κ1) is 10.8. The normalized spacial score (nSPS) is 10.7. The summed E-state index contributed by atoms with van der Waals surface area (Å²) in [6.45, 7) is 2.74. The van der Waals surface area contributed by atoms with Crippen molar-refractivity contribution in [2.24, 2.45) is 0 Å². The van der Waals surface area contributed by atoms with Gasteiger partial charge in [-0.25, -0.2) is 4.98 Å². The van der Waals surface area contributed by atoms with Gasteiger partial charge in [0.25, 0.3) is 0 Å². The fourth-order valence-electron chi connectivity index (χ4n) is 1.90. The molecule has 0 radical (unpaired) electrons. The van der Waals surface area contributed by atoms with Gasteiger partial charge in [-0.15, -0.1) is 0 Å². The van der Waals surface area contributed by atoms with Crippen molar-refractivity contribution < 1.29 is 0 Å². The number of hydrogen-bond acceptors (Lipinski definition) is 3. The summed E-state index contributed by atoms with van der Waals surface area (Å²) in [7, 11) is 0. The maximum atomic E-state index is 4.56. The monoisotopic (exact) mass is 238 g/mol. The van der Waals surface area contributed by atoms with Gasteiger partial charge < -0.3 is 5.32 Å². The van der Waals surface area contributed by atoms with Crippen LogP contribution in [-0.2, 0) is 6.54 Å². The van der Waals surface area contributed by atoms with Crippen LogP contribution in [0.1, 0.15) is 11.3 Å². The van der Waals surface area contributed by atoms with Crippen molar-refractivity contribution in [1.29, 1.82) is 0 Å². The number of aromatic nitrogens is 3. The topological polar surface area (TPSA) is 53.6 Å². The minimum absolute atomic E-state index is 0.730. The van der Waals surface area contributed by atoms with E-state index in [9.17, 15) is 0 Å². The minimum atomic E-state index is 0.730. The fourth-order valence-corrected chi connectivity index (χ4v) is 1.90. The number of nitrogens with zero attached hydrogens (tertiary/aromatic N) is 2. The zero-order valence-corrected chi connectivity index (χ0v) is 10.1. The molecule has 0 fully saturated rings. The maximum absolute atomic E-state index is 4.56. The predicted octanol–water partition coefficient (Wildman–Crippen LogP) is 2.88. The number of aryl methyl sites for hydroxylation is 1. The van der Waals surface area contributed by atoms with Gasteiger partial charge in [0.15, 0.2) is 0 Å². The van der Waals surface area contributed by atoms with Gasteiger partial charge in [-0.2, -0.15) is 5.10 Å². The molecule has 2 heterocycles. The molecule has 18 heavy (non-hydrogen) atoms.